The lowest BCUT2D eigenvalue weighted by atomic mass is 10.1. The number of rotatable bonds is 6. The van der Waals surface area contributed by atoms with E-state index in [1.807, 2.05) is 24.3 Å². The van der Waals surface area contributed by atoms with Crippen molar-refractivity contribution in [2.45, 2.75) is 4.90 Å². The van der Waals surface area contributed by atoms with Crippen molar-refractivity contribution in [1.29, 1.82) is 0 Å². The number of ether oxygens (including phenoxy) is 2. The molecular weight excluding hydrogens is 308 g/mol. The van der Waals surface area contributed by atoms with Crippen LogP contribution < -0.4 is 9.47 Å². The molecule has 0 aliphatic rings. The molecule has 2 aromatic rings. The Hall–Kier alpha value is -1.65. The molecule has 0 aliphatic carbocycles. The lowest BCUT2D eigenvalue weighted by Gasteiger charge is -2.09. The monoisotopic (exact) mass is 322 g/mol. The van der Waals surface area contributed by atoms with E-state index in [2.05, 4.69) is 0 Å². The number of hydrogen-bond acceptors (Lipinski definition) is 4. The fourth-order valence-electron chi connectivity index (χ4n) is 1.80. The van der Waals surface area contributed by atoms with Crippen molar-refractivity contribution in [1.82, 2.24) is 0 Å². The summed E-state index contributed by atoms with van der Waals surface area (Å²) in [5, 5.41) is 0.665. The van der Waals surface area contributed by atoms with Crippen LogP contribution in [-0.4, -0.2) is 25.8 Å². The molecule has 0 amide bonds. The summed E-state index contributed by atoms with van der Waals surface area (Å²) in [5.41, 5.74) is 0.599. The summed E-state index contributed by atoms with van der Waals surface area (Å²) in [6.07, 6.45) is 0. The number of hydrogen-bond donors (Lipinski definition) is 0. The number of halogens is 1. The molecule has 2 aromatic carbocycles. The van der Waals surface area contributed by atoms with Crippen molar-refractivity contribution in [3.05, 3.63) is 53.1 Å². The number of methoxy groups -OCH3 is 2. The number of carbonyl (C=O) groups excluding carboxylic acids is 1. The predicted molar refractivity (Wildman–Crippen MR) is 86.1 cm³/mol. The molecule has 0 aromatic heterocycles. The van der Waals surface area contributed by atoms with Crippen LogP contribution in [0.3, 0.4) is 0 Å². The number of ketones is 1. The molecule has 0 bridgehead atoms. The van der Waals surface area contributed by atoms with Gasteiger partial charge < -0.3 is 9.47 Å². The van der Waals surface area contributed by atoms with Gasteiger partial charge >= 0.3 is 0 Å². The SMILES string of the molecule is COc1ccc(C(=O)CSc2cccc(Cl)c2)cc1OC. The van der Waals surface area contributed by atoms with E-state index in [1.54, 1.807) is 32.4 Å². The Bertz CT molecular complexity index is 643. The largest absolute Gasteiger partial charge is 0.493 e. The third-order valence-corrected chi connectivity index (χ3v) is 4.10. The number of benzene rings is 2. The van der Waals surface area contributed by atoms with Gasteiger partial charge in [0.15, 0.2) is 17.3 Å². The van der Waals surface area contributed by atoms with E-state index in [0.29, 0.717) is 27.8 Å². The molecule has 0 fully saturated rings. The molecule has 3 nitrogen and oxygen atoms in total. The van der Waals surface area contributed by atoms with E-state index < -0.39 is 0 Å². The molecule has 0 saturated heterocycles. The van der Waals surface area contributed by atoms with Gasteiger partial charge in [-0.15, -0.1) is 11.8 Å². The van der Waals surface area contributed by atoms with E-state index in [-0.39, 0.29) is 5.78 Å². The van der Waals surface area contributed by atoms with Gasteiger partial charge in [-0.1, -0.05) is 17.7 Å². The highest BCUT2D eigenvalue weighted by atomic mass is 35.5. The second-order valence-electron chi connectivity index (χ2n) is 4.24. The van der Waals surface area contributed by atoms with Gasteiger partial charge in [0.1, 0.15) is 0 Å². The van der Waals surface area contributed by atoms with E-state index in [1.165, 1.54) is 11.8 Å². The quantitative estimate of drug-likeness (QED) is 0.585. The second kappa shape index (κ2) is 7.38. The van der Waals surface area contributed by atoms with Gasteiger partial charge in [0, 0.05) is 15.5 Å². The van der Waals surface area contributed by atoms with Crippen molar-refractivity contribution in [2.24, 2.45) is 0 Å². The van der Waals surface area contributed by atoms with E-state index in [4.69, 9.17) is 21.1 Å². The van der Waals surface area contributed by atoms with E-state index in [0.717, 1.165) is 4.90 Å². The van der Waals surface area contributed by atoms with E-state index >= 15 is 0 Å². The van der Waals surface area contributed by atoms with Crippen LogP contribution in [-0.2, 0) is 0 Å². The molecule has 0 atom stereocenters. The van der Waals surface area contributed by atoms with Gasteiger partial charge in [-0.25, -0.2) is 0 Å². The topological polar surface area (TPSA) is 35.5 Å². The third kappa shape index (κ3) is 4.16. The highest BCUT2D eigenvalue weighted by Crippen LogP contribution is 2.29. The average molecular weight is 323 g/mol. The lowest BCUT2D eigenvalue weighted by molar-refractivity contribution is 0.102. The summed E-state index contributed by atoms with van der Waals surface area (Å²) in [7, 11) is 3.11. The molecule has 0 unspecified atom stereocenters. The van der Waals surface area contributed by atoms with Gasteiger partial charge in [-0.3, -0.25) is 4.79 Å². The summed E-state index contributed by atoms with van der Waals surface area (Å²) >= 11 is 7.38. The van der Waals surface area contributed by atoms with Crippen molar-refractivity contribution in [3.63, 3.8) is 0 Å². The maximum absolute atomic E-state index is 12.2. The van der Waals surface area contributed by atoms with Gasteiger partial charge in [0.05, 0.1) is 20.0 Å². The van der Waals surface area contributed by atoms with Crippen LogP contribution in [0.15, 0.2) is 47.4 Å². The highest BCUT2D eigenvalue weighted by molar-refractivity contribution is 8.00. The van der Waals surface area contributed by atoms with Crippen LogP contribution in [0.1, 0.15) is 10.4 Å². The Morgan fingerprint density at radius 3 is 2.52 bits per heavy atom. The molecule has 5 heteroatoms. The minimum Gasteiger partial charge on any atom is -0.493 e. The molecule has 2 rings (SSSR count). The lowest BCUT2D eigenvalue weighted by Crippen LogP contribution is -2.03. The fourth-order valence-corrected chi connectivity index (χ4v) is 2.90. The average Bonchev–Trinajstić information content (AvgIpc) is 2.52. The molecule has 110 valence electrons. The molecule has 21 heavy (non-hydrogen) atoms. The van der Waals surface area contributed by atoms with Gasteiger partial charge in [0.2, 0.25) is 0 Å². The zero-order valence-corrected chi connectivity index (χ0v) is 13.3. The van der Waals surface area contributed by atoms with Crippen LogP contribution in [0, 0.1) is 0 Å². The Morgan fingerprint density at radius 1 is 1.10 bits per heavy atom. The van der Waals surface area contributed by atoms with Crippen LogP contribution in [0.2, 0.25) is 5.02 Å². The first-order valence-corrected chi connectivity index (χ1v) is 7.64. The maximum atomic E-state index is 12.2. The molecule has 0 saturated carbocycles. The summed E-state index contributed by atoms with van der Waals surface area (Å²) in [6, 6.07) is 12.6. The maximum Gasteiger partial charge on any atom is 0.173 e. The minimum absolute atomic E-state index is 0.0286. The Morgan fingerprint density at radius 2 is 1.86 bits per heavy atom. The summed E-state index contributed by atoms with van der Waals surface area (Å²) < 4.78 is 10.4. The Labute approximate surface area is 133 Å². The standard InChI is InChI=1S/C16H15ClO3S/c1-19-15-7-6-11(8-16(15)20-2)14(18)10-21-13-5-3-4-12(17)9-13/h3-9H,10H2,1-2H3. The van der Waals surface area contributed by atoms with Crippen molar-refractivity contribution in [3.8, 4) is 11.5 Å². The van der Waals surface area contributed by atoms with Gasteiger partial charge in [-0.2, -0.15) is 0 Å². The summed E-state index contributed by atoms with van der Waals surface area (Å²) in [6.45, 7) is 0. The first-order valence-electron chi connectivity index (χ1n) is 6.27. The Kier molecular flexibility index (Phi) is 5.53. The van der Waals surface area contributed by atoms with Crippen LogP contribution >= 0.6 is 23.4 Å². The van der Waals surface area contributed by atoms with Gasteiger partial charge in [-0.05, 0) is 36.4 Å². The van der Waals surface area contributed by atoms with Gasteiger partial charge in [0.25, 0.3) is 0 Å². The first-order chi connectivity index (χ1) is 10.1. The molecule has 0 spiro atoms. The third-order valence-electron chi connectivity index (χ3n) is 2.87. The number of thioether (sulfide) groups is 1. The molecule has 0 aliphatic heterocycles. The van der Waals surface area contributed by atoms with Crippen LogP contribution in [0.25, 0.3) is 0 Å². The second-order valence-corrected chi connectivity index (χ2v) is 5.72. The zero-order chi connectivity index (χ0) is 15.2. The first kappa shape index (κ1) is 15.7. The summed E-state index contributed by atoms with van der Waals surface area (Å²) in [4.78, 5) is 13.2. The minimum atomic E-state index is 0.0286. The molecule has 0 heterocycles. The fraction of sp³-hybridized carbons (Fsp3) is 0.188. The molecule has 0 N–H and O–H groups in total. The number of carbonyl (C=O) groups is 1. The highest BCUT2D eigenvalue weighted by Gasteiger charge is 2.11. The van der Waals surface area contributed by atoms with E-state index in [9.17, 15) is 4.79 Å². The Balaban J connectivity index is 2.06. The van der Waals surface area contributed by atoms with Crippen molar-refractivity contribution >= 4 is 29.1 Å². The van der Waals surface area contributed by atoms with Crippen LogP contribution in [0.5, 0.6) is 11.5 Å². The smallest absolute Gasteiger partial charge is 0.173 e. The predicted octanol–water partition coefficient (Wildman–Crippen LogP) is 4.33. The molecular formula is C16H15ClO3S. The van der Waals surface area contributed by atoms with Crippen LogP contribution in [0.4, 0.5) is 0 Å². The molecule has 0 radical (unpaired) electrons. The summed E-state index contributed by atoms with van der Waals surface area (Å²) in [5.74, 6) is 1.53. The van der Waals surface area contributed by atoms with Crippen molar-refractivity contribution in [2.75, 3.05) is 20.0 Å². The normalized spacial score (nSPS) is 10.2. The van der Waals surface area contributed by atoms with Crippen molar-refractivity contribution < 1.29 is 14.3 Å². The zero-order valence-electron chi connectivity index (χ0n) is 11.8. The number of Topliss-reactive ketones (excluding diaryl/α,β-unsaturated/α-hetero) is 1.